The number of hydrogen-bond donors (Lipinski definition) is 1. The van der Waals surface area contributed by atoms with Crippen LogP contribution < -0.4 is 15.2 Å². The van der Waals surface area contributed by atoms with Crippen molar-refractivity contribution in [3.63, 3.8) is 0 Å². The second kappa shape index (κ2) is 9.36. The molecule has 4 aliphatic rings. The number of urea groups is 1. The van der Waals surface area contributed by atoms with Gasteiger partial charge >= 0.3 is 17.8 Å². The van der Waals surface area contributed by atoms with Crippen molar-refractivity contribution < 1.29 is 14.4 Å². The largest absolute Gasteiger partial charge is 0.391 e. The molecule has 41 heavy (non-hydrogen) atoms. The molecular weight excluding hydrogens is 516 g/mol. The zero-order valence-corrected chi connectivity index (χ0v) is 24.2. The quantitative estimate of drug-likeness (QED) is 0.443. The van der Waals surface area contributed by atoms with Crippen LogP contribution >= 0.6 is 0 Å². The molecule has 4 amide bonds. The number of anilines is 2. The predicted octanol–water partition coefficient (Wildman–Crippen LogP) is 5.17. The Morgan fingerprint density at radius 1 is 0.878 bits per heavy atom. The maximum atomic E-state index is 15.0. The van der Waals surface area contributed by atoms with Gasteiger partial charge in [-0.2, -0.15) is 0 Å². The van der Waals surface area contributed by atoms with Gasteiger partial charge in [-0.1, -0.05) is 87.4 Å². The van der Waals surface area contributed by atoms with E-state index < -0.39 is 34.6 Å². The molecule has 210 valence electrons. The van der Waals surface area contributed by atoms with Crippen molar-refractivity contribution >= 4 is 40.6 Å². The number of para-hydroxylation sites is 1. The molecule has 0 aromatic heterocycles. The van der Waals surface area contributed by atoms with Crippen molar-refractivity contribution in [1.29, 1.82) is 0 Å². The average Bonchev–Trinajstić information content (AvgIpc) is 3.11. The number of hydrogen-bond acceptors (Lipinski definition) is 5. The first kappa shape index (κ1) is 26.9. The summed E-state index contributed by atoms with van der Waals surface area (Å²) in [6.45, 7) is 9.95. The topological polar surface area (TPSA) is 99.3 Å². The lowest BCUT2D eigenvalue weighted by Gasteiger charge is -2.43. The third-order valence-corrected chi connectivity index (χ3v) is 8.27. The summed E-state index contributed by atoms with van der Waals surface area (Å²) in [6, 6.07) is 19.9. The normalized spacial score (nSPS) is 21.9. The summed E-state index contributed by atoms with van der Waals surface area (Å²) < 4.78 is -0.559. The Balaban J connectivity index is 1.79. The van der Waals surface area contributed by atoms with Gasteiger partial charge < -0.3 is 5.73 Å². The second-order valence-electron chi connectivity index (χ2n) is 11.7. The maximum Gasteiger partial charge on any atom is 0.391 e. The van der Waals surface area contributed by atoms with Gasteiger partial charge in [0.1, 0.15) is 7.05 Å². The summed E-state index contributed by atoms with van der Waals surface area (Å²) in [4.78, 5) is 49.8. The van der Waals surface area contributed by atoms with Crippen LogP contribution in [0.25, 0.3) is 0 Å². The third-order valence-electron chi connectivity index (χ3n) is 8.27. The van der Waals surface area contributed by atoms with Gasteiger partial charge in [0.25, 0.3) is 6.17 Å². The lowest BCUT2D eigenvalue weighted by Crippen LogP contribution is -2.67. The van der Waals surface area contributed by atoms with Crippen molar-refractivity contribution in [3.8, 4) is 0 Å². The van der Waals surface area contributed by atoms with E-state index in [1.807, 2.05) is 66.7 Å². The van der Waals surface area contributed by atoms with Gasteiger partial charge in [-0.05, 0) is 36.0 Å². The van der Waals surface area contributed by atoms with E-state index in [0.29, 0.717) is 22.6 Å². The summed E-state index contributed by atoms with van der Waals surface area (Å²) in [5.41, 5.74) is 12.1. The Hall–Kier alpha value is -4.34. The first-order valence-corrected chi connectivity index (χ1v) is 14.0. The predicted molar refractivity (Wildman–Crippen MR) is 160 cm³/mol. The molecule has 3 atom stereocenters. The summed E-state index contributed by atoms with van der Waals surface area (Å²) in [5, 5.41) is 2.44. The molecule has 6 bridgehead atoms. The molecule has 1 fully saturated rings. The van der Waals surface area contributed by atoms with E-state index in [0.717, 1.165) is 22.4 Å². The van der Waals surface area contributed by atoms with Gasteiger partial charge in [-0.15, -0.1) is 9.60 Å². The smallest absolute Gasteiger partial charge is 0.320 e. The Labute approximate surface area is 240 Å². The number of hydrazine groups is 1. The van der Waals surface area contributed by atoms with E-state index in [-0.39, 0.29) is 11.8 Å². The Morgan fingerprint density at radius 3 is 2.07 bits per heavy atom. The molecule has 9 heteroatoms. The Kier molecular flexibility index (Phi) is 6.13. The van der Waals surface area contributed by atoms with Crippen LogP contribution in [0.4, 0.5) is 21.9 Å². The molecular formula is C32H35N6O3+. The fraction of sp³-hybridized carbons (Fsp3) is 0.312. The van der Waals surface area contributed by atoms with Gasteiger partial charge in [0, 0.05) is 11.6 Å². The Bertz CT molecular complexity index is 1600. The monoisotopic (exact) mass is 551 g/mol. The first-order chi connectivity index (χ1) is 19.5. The van der Waals surface area contributed by atoms with Gasteiger partial charge in [0.2, 0.25) is 0 Å². The van der Waals surface area contributed by atoms with Crippen LogP contribution in [0.15, 0.2) is 71.7 Å². The van der Waals surface area contributed by atoms with E-state index in [1.165, 1.54) is 10.1 Å². The number of carbonyl (C=O) groups is 3. The number of likely N-dealkylation sites (N-methyl/N-ethyl adjacent to an activating group) is 1. The number of benzene rings is 3. The highest BCUT2D eigenvalue weighted by Crippen LogP contribution is 2.50. The molecule has 1 saturated heterocycles. The highest BCUT2D eigenvalue weighted by Gasteiger charge is 2.67. The van der Waals surface area contributed by atoms with Crippen molar-refractivity contribution in [2.45, 2.75) is 58.7 Å². The highest BCUT2D eigenvalue weighted by atomic mass is 16.3. The van der Waals surface area contributed by atoms with Crippen LogP contribution in [-0.2, 0) is 9.59 Å². The van der Waals surface area contributed by atoms with Crippen molar-refractivity contribution in [2.75, 3.05) is 11.9 Å². The van der Waals surface area contributed by atoms with Crippen molar-refractivity contribution in [1.82, 2.24) is 14.7 Å². The average molecular weight is 552 g/mol. The number of quaternary nitrogens is 1. The van der Waals surface area contributed by atoms with Crippen molar-refractivity contribution in [2.24, 2.45) is 10.7 Å². The minimum atomic E-state index is -1.26. The lowest BCUT2D eigenvalue weighted by atomic mass is 9.90. The molecule has 9 nitrogen and oxygen atoms in total. The van der Waals surface area contributed by atoms with Crippen LogP contribution in [-0.4, -0.2) is 52.9 Å². The van der Waals surface area contributed by atoms with Crippen LogP contribution in [0.2, 0.25) is 0 Å². The van der Waals surface area contributed by atoms with Gasteiger partial charge in [-0.25, -0.2) is 14.6 Å². The van der Waals surface area contributed by atoms with Crippen LogP contribution in [0, 0.1) is 0 Å². The zero-order chi connectivity index (χ0) is 29.4. The molecule has 3 aromatic carbocycles. The van der Waals surface area contributed by atoms with Crippen LogP contribution in [0.1, 0.15) is 68.7 Å². The standard InChI is InChI=1S/C32H35N6O3/c1-18(2)22-14-10-15-23(19(3)4)28(22)35-24-16-11-17-25-26(24)27(21-12-8-7-9-13-21)34-29-31(40)38(25,6)37(30(39)20(5)33)36(29)32(35)41/h7-20,29H,33H2,1-6H3/q+1/t20-,29?,38+/m0/s1. The summed E-state index contributed by atoms with van der Waals surface area (Å²) in [5.74, 6) is -0.760. The minimum Gasteiger partial charge on any atom is -0.320 e. The number of nitrogens with two attached hydrogens (primary N) is 1. The number of aliphatic imine (C=N–C) groups is 1. The third kappa shape index (κ3) is 3.62. The number of nitrogens with zero attached hydrogens (tertiary/aromatic N) is 5. The number of fused-ring (bicyclic) bond motifs is 1. The van der Waals surface area contributed by atoms with E-state index in [9.17, 15) is 14.4 Å². The maximum absolute atomic E-state index is 15.0. The minimum absolute atomic E-state index is 0.0950. The number of carbonyl (C=O) groups excluding carboxylic acids is 3. The van der Waals surface area contributed by atoms with Gasteiger partial charge in [0.15, 0.2) is 5.69 Å². The van der Waals surface area contributed by atoms with E-state index >= 15 is 0 Å². The highest BCUT2D eigenvalue weighted by molar-refractivity contribution is 6.26. The summed E-state index contributed by atoms with van der Waals surface area (Å²) in [7, 11) is 1.65. The van der Waals surface area contributed by atoms with Crippen molar-refractivity contribution in [3.05, 3.63) is 89.0 Å². The SMILES string of the molecule is CC(C)c1cccc(C(C)C)c1N1C(=O)N2C3N=C(c4ccccc4)c4c1cccc4[N@+](C)(C3=O)N2C(=O)[C@H](C)N. The summed E-state index contributed by atoms with van der Waals surface area (Å²) in [6.07, 6.45) is -1.26. The molecule has 1 unspecified atom stereocenters. The molecule has 0 saturated carbocycles. The molecule has 4 aliphatic heterocycles. The fourth-order valence-electron chi connectivity index (χ4n) is 6.23. The molecule has 0 aliphatic carbocycles. The first-order valence-electron chi connectivity index (χ1n) is 14.0. The lowest BCUT2D eigenvalue weighted by molar-refractivity contribution is -0.166. The van der Waals surface area contributed by atoms with Crippen LogP contribution in [0.3, 0.4) is 0 Å². The van der Waals surface area contributed by atoms with E-state index in [4.69, 9.17) is 10.7 Å². The molecule has 0 spiro atoms. The molecule has 2 N–H and O–H groups in total. The number of amides is 4. The van der Waals surface area contributed by atoms with E-state index in [2.05, 4.69) is 27.7 Å². The summed E-state index contributed by atoms with van der Waals surface area (Å²) >= 11 is 0. The number of rotatable bonds is 5. The van der Waals surface area contributed by atoms with Gasteiger partial charge in [0.05, 0.1) is 28.7 Å². The molecule has 7 rings (SSSR count). The van der Waals surface area contributed by atoms with E-state index in [1.54, 1.807) is 18.9 Å². The molecule has 3 aromatic rings. The molecule has 0 radical (unpaired) electrons. The fourth-order valence-corrected chi connectivity index (χ4v) is 6.23. The zero-order valence-electron chi connectivity index (χ0n) is 24.2. The van der Waals surface area contributed by atoms with Crippen LogP contribution in [0.5, 0.6) is 0 Å². The molecule has 4 heterocycles. The second-order valence-corrected chi connectivity index (χ2v) is 11.7. The van der Waals surface area contributed by atoms with Gasteiger partial charge in [-0.3, -0.25) is 9.69 Å². The Morgan fingerprint density at radius 2 is 1.49 bits per heavy atom.